The van der Waals surface area contributed by atoms with Gasteiger partial charge in [-0.25, -0.2) is 18.7 Å². The van der Waals surface area contributed by atoms with Gasteiger partial charge in [-0.1, -0.05) is 0 Å². The minimum Gasteiger partial charge on any atom is -0.428 e. The van der Waals surface area contributed by atoms with E-state index in [0.29, 0.717) is 23.5 Å². The molecule has 1 aromatic carbocycles. The highest BCUT2D eigenvalue weighted by Crippen LogP contribution is 2.41. The fraction of sp³-hybridized carbons (Fsp3) is 0.522. The maximum Gasteiger partial charge on any atom is 0.461 e. The number of carbonyl (C=O) groups excluding carboxylic acids is 1. The Morgan fingerprint density at radius 1 is 1.08 bits per heavy atom. The van der Waals surface area contributed by atoms with Crippen LogP contribution >= 0.6 is 11.3 Å². The van der Waals surface area contributed by atoms with Crippen LogP contribution in [0.25, 0.3) is 10.4 Å². The summed E-state index contributed by atoms with van der Waals surface area (Å²) in [7, 11) is -4.21. The number of amides is 1. The third-order valence-electron chi connectivity index (χ3n) is 6.14. The molecule has 2 aromatic rings. The number of sulfone groups is 1. The van der Waals surface area contributed by atoms with Crippen molar-refractivity contribution in [3.8, 4) is 16.2 Å². The van der Waals surface area contributed by atoms with Gasteiger partial charge in [0.15, 0.2) is 11.0 Å². The second-order valence-electron chi connectivity index (χ2n) is 8.56. The lowest BCUT2D eigenvalue weighted by atomic mass is 9.98. The van der Waals surface area contributed by atoms with Crippen LogP contribution in [0, 0.1) is 0 Å². The van der Waals surface area contributed by atoms with E-state index in [1.165, 1.54) is 24.3 Å². The topological polar surface area (TPSA) is 100 Å². The minimum absolute atomic E-state index is 0.0650. The van der Waals surface area contributed by atoms with E-state index < -0.39 is 45.1 Å². The maximum atomic E-state index is 13.8. The molecule has 2 saturated heterocycles. The lowest BCUT2D eigenvalue weighted by molar-refractivity contribution is -0.253. The molecule has 4 rings (SSSR count). The average Bonchev–Trinajstić information content (AvgIpc) is 3.40. The van der Waals surface area contributed by atoms with Crippen molar-refractivity contribution in [2.24, 2.45) is 0 Å². The molecule has 14 heteroatoms. The molecule has 37 heavy (non-hydrogen) atoms. The first-order valence-electron chi connectivity index (χ1n) is 11.5. The Kier molecular flexibility index (Phi) is 8.43. The summed E-state index contributed by atoms with van der Waals surface area (Å²) in [5.41, 5.74) is 2.73. The highest BCUT2D eigenvalue weighted by molar-refractivity contribution is 7.95. The van der Waals surface area contributed by atoms with Crippen molar-refractivity contribution in [2.45, 2.75) is 59.9 Å². The van der Waals surface area contributed by atoms with Crippen molar-refractivity contribution >= 4 is 27.1 Å². The highest BCUT2D eigenvalue weighted by atomic mass is 32.2. The van der Waals surface area contributed by atoms with Gasteiger partial charge < -0.3 is 14.2 Å². The number of carbonyl (C=O) groups is 1. The Bertz CT molecular complexity index is 1180. The van der Waals surface area contributed by atoms with Gasteiger partial charge in [0.05, 0.1) is 0 Å². The average molecular weight is 568 g/mol. The molecule has 1 unspecified atom stereocenters. The summed E-state index contributed by atoms with van der Waals surface area (Å²) in [4.78, 5) is 19.0. The number of alkyl halides is 4. The van der Waals surface area contributed by atoms with Crippen molar-refractivity contribution in [3.63, 3.8) is 0 Å². The predicted molar refractivity (Wildman–Crippen MR) is 124 cm³/mol. The molecule has 0 spiro atoms. The number of benzene rings is 1. The van der Waals surface area contributed by atoms with E-state index in [0.717, 1.165) is 36.3 Å². The maximum absolute atomic E-state index is 13.8. The molecule has 3 heterocycles. The van der Waals surface area contributed by atoms with E-state index in [4.69, 9.17) is 14.3 Å². The summed E-state index contributed by atoms with van der Waals surface area (Å²) in [6.45, 7) is 0.614. The molecule has 2 fully saturated rings. The van der Waals surface area contributed by atoms with E-state index in [2.05, 4.69) is 10.2 Å². The van der Waals surface area contributed by atoms with Gasteiger partial charge in [-0.2, -0.15) is 17.6 Å². The summed E-state index contributed by atoms with van der Waals surface area (Å²) in [5.74, 6) is -1.28. The Morgan fingerprint density at radius 2 is 1.78 bits per heavy atom. The number of ether oxygens (including phenoxy) is 3. The highest BCUT2D eigenvalue weighted by Gasteiger charge is 2.53. The number of thiophene rings is 1. The number of halogens is 4. The Hall–Kier alpha value is -2.26. The van der Waals surface area contributed by atoms with Gasteiger partial charge in [-0.05, 0) is 67.6 Å². The van der Waals surface area contributed by atoms with Crippen LogP contribution in [0.2, 0.25) is 0 Å². The summed E-state index contributed by atoms with van der Waals surface area (Å²) < 4.78 is 91.4. The number of nitrogens with one attached hydrogen (secondary N) is 1. The first kappa shape index (κ1) is 27.8. The van der Waals surface area contributed by atoms with Crippen LogP contribution in [0.15, 0.2) is 40.6 Å². The molecular formula is C23H25F4NO7S2. The third-order valence-corrected chi connectivity index (χ3v) is 10.3. The molecule has 8 nitrogen and oxygen atoms in total. The van der Waals surface area contributed by atoms with Crippen LogP contribution in [0.3, 0.4) is 0 Å². The van der Waals surface area contributed by atoms with Gasteiger partial charge in [0.25, 0.3) is 5.91 Å². The van der Waals surface area contributed by atoms with Crippen LogP contribution in [-0.4, -0.2) is 57.7 Å². The van der Waals surface area contributed by atoms with Crippen LogP contribution in [0.1, 0.15) is 32.1 Å². The number of hydroxylamine groups is 1. The van der Waals surface area contributed by atoms with Crippen molar-refractivity contribution in [3.05, 3.63) is 36.4 Å². The smallest absolute Gasteiger partial charge is 0.428 e. The van der Waals surface area contributed by atoms with Gasteiger partial charge in [0, 0.05) is 31.1 Å². The molecule has 0 saturated carbocycles. The first-order valence-corrected chi connectivity index (χ1v) is 13.8. The molecule has 0 radical (unpaired) electrons. The van der Waals surface area contributed by atoms with Crippen molar-refractivity contribution < 1.29 is 49.8 Å². The molecule has 0 aliphatic carbocycles. The monoisotopic (exact) mass is 567 g/mol. The van der Waals surface area contributed by atoms with Crippen molar-refractivity contribution in [1.29, 1.82) is 0 Å². The first-order chi connectivity index (χ1) is 17.5. The third kappa shape index (κ3) is 5.93. The minimum atomic E-state index is -4.64. The van der Waals surface area contributed by atoms with E-state index >= 15 is 0 Å². The molecule has 1 amide bonds. The van der Waals surface area contributed by atoms with Crippen molar-refractivity contribution in [2.75, 3.05) is 19.8 Å². The lowest BCUT2D eigenvalue weighted by Gasteiger charge is -2.35. The van der Waals surface area contributed by atoms with Gasteiger partial charge in [-0.15, -0.1) is 11.3 Å². The fourth-order valence-electron chi connectivity index (χ4n) is 4.04. The number of rotatable bonds is 9. The second-order valence-corrected chi connectivity index (χ2v) is 12.1. The van der Waals surface area contributed by atoms with E-state index in [-0.39, 0.29) is 30.3 Å². The second kappa shape index (κ2) is 11.2. The molecule has 0 bridgehead atoms. The zero-order chi connectivity index (χ0) is 26.7. The molecule has 2 aliphatic heterocycles. The molecular weight excluding hydrogens is 542 g/mol. The van der Waals surface area contributed by atoms with Gasteiger partial charge in [0.1, 0.15) is 9.96 Å². The standard InChI is InChI=1S/C23H25F4NO7S2/c24-20(25)23(26,27)34-16-6-4-15(5-7-16)17-8-9-19(36-17)37(30,31)22(10-13-32-14-11-22)21(29)28-35-18-3-1-2-12-33-18/h4-9,18,20H,1-3,10-14H2,(H,28,29). The van der Waals surface area contributed by atoms with Crippen LogP contribution < -0.4 is 10.2 Å². The zero-order valence-corrected chi connectivity index (χ0v) is 21.1. The summed E-state index contributed by atoms with van der Waals surface area (Å²) in [5, 5.41) is 0. The Labute approximate surface area is 214 Å². The summed E-state index contributed by atoms with van der Waals surface area (Å²) in [6.07, 6.45) is -7.13. The van der Waals surface area contributed by atoms with E-state index in [1.807, 2.05) is 0 Å². The lowest BCUT2D eigenvalue weighted by Crippen LogP contribution is -2.56. The Balaban J connectivity index is 1.53. The number of hydrogen-bond acceptors (Lipinski definition) is 8. The normalized spacial score (nSPS) is 20.5. The quantitative estimate of drug-likeness (QED) is 0.351. The fourth-order valence-corrected chi connectivity index (χ4v) is 7.59. The van der Waals surface area contributed by atoms with Crippen molar-refractivity contribution in [1.82, 2.24) is 5.48 Å². The zero-order valence-electron chi connectivity index (χ0n) is 19.5. The van der Waals surface area contributed by atoms with Gasteiger partial charge in [-0.3, -0.25) is 4.79 Å². The number of hydrogen-bond donors (Lipinski definition) is 1. The molecule has 2 aliphatic rings. The van der Waals surface area contributed by atoms with E-state index in [9.17, 15) is 30.8 Å². The SMILES string of the molecule is O=C(NOC1CCCCO1)C1(S(=O)(=O)c2ccc(-c3ccc(OC(F)(F)C(F)F)cc3)s2)CCOCC1. The van der Waals surface area contributed by atoms with E-state index in [1.54, 1.807) is 0 Å². The van der Waals surface area contributed by atoms with Crippen LogP contribution in [0.4, 0.5) is 17.6 Å². The van der Waals surface area contributed by atoms with Gasteiger partial charge >= 0.3 is 12.5 Å². The summed E-state index contributed by atoms with van der Waals surface area (Å²) in [6, 6.07) is 7.72. The summed E-state index contributed by atoms with van der Waals surface area (Å²) >= 11 is 0.889. The van der Waals surface area contributed by atoms with Gasteiger partial charge in [0.2, 0.25) is 9.84 Å². The predicted octanol–water partition coefficient (Wildman–Crippen LogP) is 4.55. The van der Waals surface area contributed by atoms with Crippen LogP contribution in [-0.2, 0) is 28.9 Å². The molecule has 1 atom stereocenters. The molecule has 204 valence electrons. The molecule has 1 N–H and O–H groups in total. The van der Waals surface area contributed by atoms with Crippen LogP contribution in [0.5, 0.6) is 5.75 Å². The Morgan fingerprint density at radius 3 is 2.41 bits per heavy atom. The molecule has 1 aromatic heterocycles. The largest absolute Gasteiger partial charge is 0.461 e.